The van der Waals surface area contributed by atoms with Crippen molar-refractivity contribution < 1.29 is 18.0 Å². The number of nitrogens with zero attached hydrogens (tertiary/aromatic N) is 5. The molecule has 2 aliphatic rings. The summed E-state index contributed by atoms with van der Waals surface area (Å²) in [4.78, 5) is 18.4. The Morgan fingerprint density at radius 1 is 1.19 bits per heavy atom. The van der Waals surface area contributed by atoms with Gasteiger partial charge in [0.05, 0.1) is 17.3 Å². The molecule has 1 saturated carbocycles. The van der Waals surface area contributed by atoms with Crippen molar-refractivity contribution in [3.8, 4) is 17.2 Å². The van der Waals surface area contributed by atoms with Gasteiger partial charge >= 0.3 is 6.18 Å². The minimum Gasteiger partial charge on any atom is -0.309 e. The van der Waals surface area contributed by atoms with E-state index in [1.165, 1.54) is 6.07 Å². The average molecular weight is 425 g/mol. The van der Waals surface area contributed by atoms with Crippen molar-refractivity contribution >= 4 is 17.1 Å². The molecule has 5 rings (SSSR count). The van der Waals surface area contributed by atoms with Gasteiger partial charge in [-0.15, -0.1) is 0 Å². The summed E-state index contributed by atoms with van der Waals surface area (Å²) in [6.07, 6.45) is 1.50. The van der Waals surface area contributed by atoms with E-state index >= 15 is 0 Å². The fraction of sp³-hybridized carbons (Fsp3) is 0.364. The summed E-state index contributed by atoms with van der Waals surface area (Å²) in [5.41, 5.74) is 0.0854. The number of alkyl halides is 3. The van der Waals surface area contributed by atoms with Crippen molar-refractivity contribution in [2.24, 2.45) is 17.3 Å². The molecule has 0 unspecified atom stereocenters. The third kappa shape index (κ3) is 2.89. The molecule has 1 aliphatic carbocycles. The molecular weight excluding hydrogens is 407 g/mol. The standard InChI is InChI=1S/C22H18F3N5O/c1-13-10-29(20(31)21(13,12-26)16-2-3-16)17-5-7-28-30-11-15(8-18(17)30)14-4-6-27-19(9-14)22(23,24)25/h4-9,11,13,16H,2-3,10H2,1H3/t13-,21+/m1/s1. The Morgan fingerprint density at radius 2 is 1.97 bits per heavy atom. The van der Waals surface area contributed by atoms with Crippen molar-refractivity contribution in [2.75, 3.05) is 11.4 Å². The summed E-state index contributed by atoms with van der Waals surface area (Å²) in [6, 6.07) is 8.22. The number of carbonyl (C=O) groups is 1. The van der Waals surface area contributed by atoms with E-state index < -0.39 is 17.3 Å². The highest BCUT2D eigenvalue weighted by atomic mass is 19.4. The molecule has 158 valence electrons. The van der Waals surface area contributed by atoms with Gasteiger partial charge in [-0.2, -0.15) is 23.5 Å². The second-order valence-corrected chi connectivity index (χ2v) is 8.27. The van der Waals surface area contributed by atoms with Gasteiger partial charge in [-0.3, -0.25) is 9.78 Å². The number of halogens is 3. The molecule has 2 atom stereocenters. The number of hydrogen-bond donors (Lipinski definition) is 0. The van der Waals surface area contributed by atoms with Crippen LogP contribution in [-0.2, 0) is 11.0 Å². The molecule has 0 aromatic carbocycles. The molecule has 6 nitrogen and oxygen atoms in total. The van der Waals surface area contributed by atoms with Crippen LogP contribution in [-0.4, -0.2) is 27.0 Å². The molecule has 2 fully saturated rings. The molecule has 3 aromatic heterocycles. The van der Waals surface area contributed by atoms with Crippen LogP contribution in [0.1, 0.15) is 25.5 Å². The highest BCUT2D eigenvalue weighted by molar-refractivity contribution is 6.05. The number of pyridine rings is 1. The van der Waals surface area contributed by atoms with E-state index in [2.05, 4.69) is 16.2 Å². The van der Waals surface area contributed by atoms with Gasteiger partial charge in [0.25, 0.3) is 0 Å². The smallest absolute Gasteiger partial charge is 0.309 e. The van der Waals surface area contributed by atoms with E-state index in [9.17, 15) is 23.2 Å². The molecule has 1 amide bonds. The summed E-state index contributed by atoms with van der Waals surface area (Å²) >= 11 is 0. The Balaban J connectivity index is 1.58. The van der Waals surface area contributed by atoms with Crippen molar-refractivity contribution in [3.05, 3.63) is 48.5 Å². The Labute approximate surface area is 175 Å². The molecule has 3 aromatic rings. The Kier molecular flexibility index (Phi) is 4.13. The van der Waals surface area contributed by atoms with E-state index in [1.54, 1.807) is 33.9 Å². The minimum absolute atomic E-state index is 0.0859. The quantitative estimate of drug-likeness (QED) is 0.627. The third-order valence-corrected chi connectivity index (χ3v) is 6.40. The number of rotatable bonds is 3. The maximum Gasteiger partial charge on any atom is 0.433 e. The lowest BCUT2D eigenvalue weighted by molar-refractivity contribution is -0.141. The van der Waals surface area contributed by atoms with E-state index in [4.69, 9.17) is 0 Å². The first kappa shape index (κ1) is 19.5. The molecule has 0 bridgehead atoms. The summed E-state index contributed by atoms with van der Waals surface area (Å²) < 4.78 is 40.7. The monoisotopic (exact) mass is 425 g/mol. The predicted molar refractivity (Wildman–Crippen MR) is 106 cm³/mol. The summed E-state index contributed by atoms with van der Waals surface area (Å²) in [7, 11) is 0. The lowest BCUT2D eigenvalue weighted by Crippen LogP contribution is -2.37. The molecule has 4 heterocycles. The van der Waals surface area contributed by atoms with Gasteiger partial charge < -0.3 is 4.90 Å². The highest BCUT2D eigenvalue weighted by Gasteiger charge is 2.61. The van der Waals surface area contributed by atoms with Gasteiger partial charge in [0, 0.05) is 36.6 Å². The highest BCUT2D eigenvalue weighted by Crippen LogP contribution is 2.54. The van der Waals surface area contributed by atoms with E-state index in [1.807, 2.05) is 6.92 Å². The average Bonchev–Trinajstić information content (AvgIpc) is 3.43. The van der Waals surface area contributed by atoms with Crippen LogP contribution in [0.4, 0.5) is 18.9 Å². The van der Waals surface area contributed by atoms with Crippen LogP contribution in [0.5, 0.6) is 0 Å². The fourth-order valence-corrected chi connectivity index (χ4v) is 4.66. The van der Waals surface area contributed by atoms with Gasteiger partial charge in [0.1, 0.15) is 11.1 Å². The maximum atomic E-state index is 13.4. The van der Waals surface area contributed by atoms with E-state index in [-0.39, 0.29) is 17.7 Å². The van der Waals surface area contributed by atoms with Crippen molar-refractivity contribution in [1.29, 1.82) is 5.26 Å². The van der Waals surface area contributed by atoms with Crippen LogP contribution in [0.3, 0.4) is 0 Å². The first-order chi connectivity index (χ1) is 14.8. The van der Waals surface area contributed by atoms with Gasteiger partial charge in [-0.25, -0.2) is 4.52 Å². The molecule has 0 radical (unpaired) electrons. The number of amides is 1. The van der Waals surface area contributed by atoms with Gasteiger partial charge in [-0.1, -0.05) is 6.92 Å². The second kappa shape index (κ2) is 6.54. The number of hydrogen-bond acceptors (Lipinski definition) is 4. The normalized spacial score (nSPS) is 24.0. The Morgan fingerprint density at radius 3 is 2.65 bits per heavy atom. The number of anilines is 1. The largest absolute Gasteiger partial charge is 0.433 e. The van der Waals surface area contributed by atoms with E-state index in [0.29, 0.717) is 28.9 Å². The number of nitriles is 1. The Bertz CT molecular complexity index is 1240. The zero-order chi connectivity index (χ0) is 22.0. The summed E-state index contributed by atoms with van der Waals surface area (Å²) in [6.45, 7) is 2.34. The zero-order valence-corrected chi connectivity index (χ0v) is 16.6. The van der Waals surface area contributed by atoms with Crippen LogP contribution in [0.25, 0.3) is 16.6 Å². The number of fused-ring (bicyclic) bond motifs is 1. The summed E-state index contributed by atoms with van der Waals surface area (Å²) in [5.74, 6) is -0.235. The molecule has 0 spiro atoms. The van der Waals surface area contributed by atoms with Crippen molar-refractivity contribution in [3.63, 3.8) is 0 Å². The van der Waals surface area contributed by atoms with Crippen LogP contribution < -0.4 is 4.90 Å². The molecule has 31 heavy (non-hydrogen) atoms. The molecule has 9 heteroatoms. The topological polar surface area (TPSA) is 74.3 Å². The fourth-order valence-electron chi connectivity index (χ4n) is 4.66. The molecular formula is C22H18F3N5O. The summed E-state index contributed by atoms with van der Waals surface area (Å²) in [5, 5.41) is 14.1. The molecule has 0 N–H and O–H groups in total. The molecule has 1 saturated heterocycles. The first-order valence-electron chi connectivity index (χ1n) is 10.00. The minimum atomic E-state index is -4.54. The van der Waals surface area contributed by atoms with Gasteiger partial charge in [0.2, 0.25) is 5.91 Å². The van der Waals surface area contributed by atoms with Crippen LogP contribution in [0, 0.1) is 28.6 Å². The van der Waals surface area contributed by atoms with Gasteiger partial charge in [-0.05, 0) is 48.6 Å². The lowest BCUT2D eigenvalue weighted by Gasteiger charge is -2.23. The van der Waals surface area contributed by atoms with Crippen LogP contribution in [0.15, 0.2) is 42.9 Å². The van der Waals surface area contributed by atoms with Crippen LogP contribution >= 0.6 is 0 Å². The number of carbonyl (C=O) groups excluding carboxylic acids is 1. The zero-order valence-electron chi connectivity index (χ0n) is 16.6. The first-order valence-corrected chi connectivity index (χ1v) is 10.00. The lowest BCUT2D eigenvalue weighted by atomic mass is 9.75. The Hall–Kier alpha value is -3.41. The van der Waals surface area contributed by atoms with E-state index in [0.717, 1.165) is 25.1 Å². The SMILES string of the molecule is C[C@@H]1CN(c2ccnn3cc(-c4ccnc(C(F)(F)F)c4)cc23)C(=O)[C@]1(C#N)C1CC1. The van der Waals surface area contributed by atoms with Gasteiger partial charge in [0.15, 0.2) is 0 Å². The van der Waals surface area contributed by atoms with Crippen molar-refractivity contribution in [1.82, 2.24) is 14.6 Å². The molecule has 1 aliphatic heterocycles. The maximum absolute atomic E-state index is 13.4. The number of aromatic nitrogens is 3. The second-order valence-electron chi connectivity index (χ2n) is 8.27. The van der Waals surface area contributed by atoms with Crippen molar-refractivity contribution in [2.45, 2.75) is 25.9 Å². The predicted octanol–water partition coefficient (Wildman–Crippen LogP) is 4.32. The third-order valence-electron chi connectivity index (χ3n) is 6.40. The van der Waals surface area contributed by atoms with Crippen LogP contribution in [0.2, 0.25) is 0 Å².